The summed E-state index contributed by atoms with van der Waals surface area (Å²) in [6.45, 7) is 8.47. The number of ether oxygens (including phenoxy) is 2. The van der Waals surface area contributed by atoms with Gasteiger partial charge in [0.25, 0.3) is 0 Å². The Morgan fingerprint density at radius 2 is 2.50 bits per heavy atom. The summed E-state index contributed by atoms with van der Waals surface area (Å²) in [5.41, 5.74) is 0. The summed E-state index contributed by atoms with van der Waals surface area (Å²) in [6.07, 6.45) is 7.43. The van der Waals surface area contributed by atoms with Crippen molar-refractivity contribution in [1.29, 1.82) is 0 Å². The van der Waals surface area contributed by atoms with Crippen LogP contribution in [-0.2, 0) is 9.47 Å². The van der Waals surface area contributed by atoms with Gasteiger partial charge in [-0.15, -0.1) is 13.2 Å². The monoisotopic (exact) mass is 166 g/mol. The first kappa shape index (κ1) is 9.23. The third-order valence-corrected chi connectivity index (χ3v) is 1.67. The van der Waals surface area contributed by atoms with E-state index in [-0.39, 0.29) is 12.2 Å². The Balaban J connectivity index is 2.37. The van der Waals surface area contributed by atoms with Gasteiger partial charge < -0.3 is 9.47 Å². The highest BCUT2D eigenvalue weighted by Crippen LogP contribution is 2.12. The highest BCUT2D eigenvalue weighted by atomic mass is 16.5. The Morgan fingerprint density at radius 1 is 1.67 bits per heavy atom. The van der Waals surface area contributed by atoms with Gasteiger partial charge in [-0.05, 0) is 0 Å². The smallest absolute Gasteiger partial charge is 0.106 e. The Bertz CT molecular complexity index is 184. The second-order valence-corrected chi connectivity index (χ2v) is 2.55. The van der Waals surface area contributed by atoms with Crippen molar-refractivity contribution in [3.8, 4) is 0 Å². The minimum absolute atomic E-state index is 0.0300. The molecule has 0 aromatic carbocycles. The van der Waals surface area contributed by atoms with Crippen LogP contribution in [0.3, 0.4) is 0 Å². The zero-order valence-electron chi connectivity index (χ0n) is 7.11. The van der Waals surface area contributed by atoms with Crippen LogP contribution in [0, 0.1) is 0 Å². The van der Waals surface area contributed by atoms with Gasteiger partial charge in [-0.1, -0.05) is 24.3 Å². The van der Waals surface area contributed by atoms with E-state index in [2.05, 4.69) is 13.2 Å². The molecule has 0 saturated carbocycles. The normalized spacial score (nSPS) is 23.8. The first-order chi connectivity index (χ1) is 5.88. The molecule has 2 heteroatoms. The minimum Gasteiger partial charge on any atom is -0.367 e. The summed E-state index contributed by atoms with van der Waals surface area (Å²) in [5.74, 6) is 0. The zero-order valence-corrected chi connectivity index (χ0v) is 7.11. The van der Waals surface area contributed by atoms with Crippen LogP contribution >= 0.6 is 0 Å². The molecule has 0 amide bonds. The summed E-state index contributed by atoms with van der Waals surface area (Å²) in [4.78, 5) is 0. The molecule has 0 unspecified atom stereocenters. The largest absolute Gasteiger partial charge is 0.367 e. The Labute approximate surface area is 73.2 Å². The fourth-order valence-corrected chi connectivity index (χ4v) is 1.09. The van der Waals surface area contributed by atoms with Crippen molar-refractivity contribution in [1.82, 2.24) is 0 Å². The fourth-order valence-electron chi connectivity index (χ4n) is 1.09. The summed E-state index contributed by atoms with van der Waals surface area (Å²) in [5, 5.41) is 0. The minimum atomic E-state index is -0.0539. The maximum Gasteiger partial charge on any atom is 0.106 e. The molecule has 0 fully saturated rings. The molecule has 0 radical (unpaired) electrons. The van der Waals surface area contributed by atoms with E-state index in [4.69, 9.17) is 9.47 Å². The van der Waals surface area contributed by atoms with E-state index >= 15 is 0 Å². The Hall–Kier alpha value is -0.860. The van der Waals surface area contributed by atoms with Crippen molar-refractivity contribution in [2.45, 2.75) is 12.2 Å². The lowest BCUT2D eigenvalue weighted by Crippen LogP contribution is -2.25. The molecule has 0 saturated heterocycles. The van der Waals surface area contributed by atoms with Crippen LogP contribution in [0.1, 0.15) is 0 Å². The van der Waals surface area contributed by atoms with E-state index in [0.29, 0.717) is 13.2 Å². The lowest BCUT2D eigenvalue weighted by molar-refractivity contribution is -0.00112. The van der Waals surface area contributed by atoms with Crippen molar-refractivity contribution < 1.29 is 9.47 Å². The van der Waals surface area contributed by atoms with Crippen molar-refractivity contribution in [3.05, 3.63) is 37.5 Å². The van der Waals surface area contributed by atoms with E-state index in [1.54, 1.807) is 12.2 Å². The van der Waals surface area contributed by atoms with Gasteiger partial charge in [0.2, 0.25) is 0 Å². The summed E-state index contributed by atoms with van der Waals surface area (Å²) in [7, 11) is 0. The van der Waals surface area contributed by atoms with Crippen LogP contribution in [0.15, 0.2) is 37.5 Å². The second-order valence-electron chi connectivity index (χ2n) is 2.55. The average Bonchev–Trinajstić information content (AvgIpc) is 2.59. The molecule has 0 aromatic rings. The molecule has 1 aliphatic heterocycles. The van der Waals surface area contributed by atoms with Gasteiger partial charge in [-0.3, -0.25) is 0 Å². The van der Waals surface area contributed by atoms with Crippen molar-refractivity contribution in [2.24, 2.45) is 0 Å². The second kappa shape index (κ2) is 4.91. The fraction of sp³-hybridized carbons (Fsp3) is 0.400. The van der Waals surface area contributed by atoms with Crippen LogP contribution in [0.4, 0.5) is 0 Å². The molecule has 1 aliphatic rings. The van der Waals surface area contributed by atoms with Crippen LogP contribution in [0.2, 0.25) is 0 Å². The summed E-state index contributed by atoms with van der Waals surface area (Å²) in [6, 6.07) is 0. The lowest BCUT2D eigenvalue weighted by Gasteiger charge is -2.17. The molecule has 0 aliphatic carbocycles. The highest BCUT2D eigenvalue weighted by molar-refractivity contribution is 5.04. The first-order valence-electron chi connectivity index (χ1n) is 4.02. The number of hydrogen-bond acceptors (Lipinski definition) is 2. The number of hydrogen-bond donors (Lipinski definition) is 0. The van der Waals surface area contributed by atoms with E-state index in [9.17, 15) is 0 Å². The van der Waals surface area contributed by atoms with Gasteiger partial charge in [0.05, 0.1) is 13.2 Å². The molecule has 0 bridgehead atoms. The molecule has 0 aromatic heterocycles. The van der Waals surface area contributed by atoms with E-state index in [1.165, 1.54) is 0 Å². The molecular formula is C10H14O2. The van der Waals surface area contributed by atoms with Crippen molar-refractivity contribution in [2.75, 3.05) is 13.2 Å². The van der Waals surface area contributed by atoms with Gasteiger partial charge in [-0.2, -0.15) is 0 Å². The molecule has 2 nitrogen and oxygen atoms in total. The van der Waals surface area contributed by atoms with Crippen molar-refractivity contribution in [3.63, 3.8) is 0 Å². The predicted molar refractivity (Wildman–Crippen MR) is 49.0 cm³/mol. The topological polar surface area (TPSA) is 18.5 Å². The van der Waals surface area contributed by atoms with Gasteiger partial charge in [0.15, 0.2) is 0 Å². The quantitative estimate of drug-likeness (QED) is 0.579. The lowest BCUT2D eigenvalue weighted by atomic mass is 10.2. The van der Waals surface area contributed by atoms with E-state index < -0.39 is 0 Å². The third kappa shape index (κ3) is 2.32. The number of rotatable bonds is 5. The first-order valence-corrected chi connectivity index (χ1v) is 4.02. The zero-order chi connectivity index (χ0) is 8.81. The molecule has 0 spiro atoms. The van der Waals surface area contributed by atoms with Crippen molar-refractivity contribution >= 4 is 0 Å². The maximum atomic E-state index is 5.41. The summed E-state index contributed by atoms with van der Waals surface area (Å²) >= 11 is 0. The maximum absolute atomic E-state index is 5.41. The Kier molecular flexibility index (Phi) is 3.77. The van der Waals surface area contributed by atoms with Gasteiger partial charge in [-0.25, -0.2) is 0 Å². The molecule has 0 N–H and O–H groups in total. The van der Waals surface area contributed by atoms with Crippen LogP contribution in [-0.4, -0.2) is 25.4 Å². The third-order valence-electron chi connectivity index (χ3n) is 1.67. The van der Waals surface area contributed by atoms with Gasteiger partial charge in [0.1, 0.15) is 12.2 Å². The van der Waals surface area contributed by atoms with Crippen LogP contribution in [0.25, 0.3) is 0 Å². The summed E-state index contributed by atoms with van der Waals surface area (Å²) < 4.78 is 10.8. The molecular weight excluding hydrogens is 152 g/mol. The standard InChI is InChI=1S/C10H14O2/c1-3-7-11-9(4-2)10-6-5-8-12-10/h3-6,9-10H,1-2,7-8H2/t9-,10+/m0/s1. The SMILES string of the molecule is C=CCO[C@@H](C=C)[C@H]1C=CCO1. The molecule has 12 heavy (non-hydrogen) atoms. The predicted octanol–water partition coefficient (Wildman–Crippen LogP) is 1.70. The molecule has 1 heterocycles. The van der Waals surface area contributed by atoms with E-state index in [1.807, 2.05) is 12.2 Å². The molecule has 66 valence electrons. The van der Waals surface area contributed by atoms with Crippen LogP contribution in [0.5, 0.6) is 0 Å². The molecule has 1 rings (SSSR count). The van der Waals surface area contributed by atoms with Crippen LogP contribution < -0.4 is 0 Å². The highest BCUT2D eigenvalue weighted by Gasteiger charge is 2.19. The average molecular weight is 166 g/mol. The van der Waals surface area contributed by atoms with Gasteiger partial charge in [0, 0.05) is 0 Å². The van der Waals surface area contributed by atoms with E-state index in [0.717, 1.165) is 0 Å². The Morgan fingerprint density at radius 3 is 3.00 bits per heavy atom. The molecule has 2 atom stereocenters. The van der Waals surface area contributed by atoms with Gasteiger partial charge >= 0.3 is 0 Å².